The van der Waals surface area contributed by atoms with Crippen molar-refractivity contribution in [2.75, 3.05) is 0 Å². The molecule has 4 N–H and O–H groups in total. The normalized spacial score (nSPS) is 12.5. The van der Waals surface area contributed by atoms with E-state index in [4.69, 9.17) is 0 Å². The lowest BCUT2D eigenvalue weighted by Gasteiger charge is -2.15. The zero-order valence-corrected chi connectivity index (χ0v) is 26.8. The summed E-state index contributed by atoms with van der Waals surface area (Å²) in [7, 11) is 0. The van der Waals surface area contributed by atoms with Crippen molar-refractivity contribution in [2.45, 2.75) is 0 Å². The maximum Gasteiger partial charge on any atom is 0.0588 e. The van der Waals surface area contributed by atoms with Crippen LogP contribution in [0.5, 0.6) is 0 Å². The third kappa shape index (κ3) is 3.16. The Hall–Kier alpha value is -3.04. The first-order valence-electron chi connectivity index (χ1n) is 12.7. The minimum absolute atomic E-state index is 1.04. The largest absolute Gasteiger partial charge is 0.354 e. The summed E-state index contributed by atoms with van der Waals surface area (Å²) in [6.45, 7) is 0. The van der Waals surface area contributed by atoms with E-state index in [2.05, 4.69) is 156 Å². The van der Waals surface area contributed by atoms with Crippen LogP contribution in [0.3, 0.4) is 0 Å². The summed E-state index contributed by atoms with van der Waals surface area (Å²) in [5.74, 6) is 0. The van der Waals surface area contributed by atoms with E-state index in [1.807, 2.05) is 0 Å². The van der Waals surface area contributed by atoms with Crippen molar-refractivity contribution in [1.82, 2.24) is 19.9 Å². The summed E-state index contributed by atoms with van der Waals surface area (Å²) < 4.78 is 4.18. The SMILES string of the molecule is Brc1ccc2[nH]c3c(c2c1)-c1[nH]c2ccc(Br)cc2c1-c1[nH]c2ccc(Br)cc2c1-c1[nH]c2ccc(Br)cc2c1-3. The number of aromatic amines is 4. The number of aromatic nitrogens is 4. The molecule has 8 heteroatoms. The minimum Gasteiger partial charge on any atom is -0.354 e. The molecule has 4 heterocycles. The maximum atomic E-state index is 3.84. The summed E-state index contributed by atoms with van der Waals surface area (Å²) in [5.41, 5.74) is 13.4. The molecule has 0 aliphatic heterocycles. The van der Waals surface area contributed by atoms with Crippen molar-refractivity contribution >= 4 is 107 Å². The molecule has 8 aromatic rings. The Balaban J connectivity index is 1.59. The van der Waals surface area contributed by atoms with Crippen molar-refractivity contribution in [3.05, 3.63) is 90.7 Å². The average molecular weight is 776 g/mol. The molecule has 1 aliphatic rings. The first-order chi connectivity index (χ1) is 19.4. The topological polar surface area (TPSA) is 63.2 Å². The van der Waals surface area contributed by atoms with Crippen LogP contribution >= 0.6 is 63.7 Å². The van der Waals surface area contributed by atoms with Crippen LogP contribution in [0.2, 0.25) is 0 Å². The summed E-state index contributed by atoms with van der Waals surface area (Å²) in [5, 5.41) is 4.64. The molecular weight excluding hydrogens is 760 g/mol. The van der Waals surface area contributed by atoms with Crippen molar-refractivity contribution in [2.24, 2.45) is 0 Å². The molecule has 4 aromatic carbocycles. The van der Waals surface area contributed by atoms with E-state index in [1.54, 1.807) is 0 Å². The van der Waals surface area contributed by atoms with Gasteiger partial charge < -0.3 is 19.9 Å². The van der Waals surface area contributed by atoms with Gasteiger partial charge >= 0.3 is 0 Å². The standard InChI is InChI=1S/C32H16Br4N4/c33-13-1-5-21-17(9-13)25-29(37-21)26-18-10-14(34)2-6-22(18)39-31(26)28-20-12-16(36)4-8-24(20)40-32(28)27-19-11-15(35)3-7-23(19)38-30(25)27/h1-12,37-40H. The number of rotatable bonds is 0. The Labute approximate surface area is 261 Å². The summed E-state index contributed by atoms with van der Waals surface area (Å²) >= 11 is 15.0. The van der Waals surface area contributed by atoms with Gasteiger partial charge in [0.25, 0.3) is 0 Å². The second-order valence-corrected chi connectivity index (χ2v) is 13.9. The molecule has 0 fully saturated rings. The molecule has 4 aromatic heterocycles. The summed E-state index contributed by atoms with van der Waals surface area (Å²) in [6.07, 6.45) is 0. The number of nitrogens with one attached hydrogen (secondary N) is 4. The molecule has 4 nitrogen and oxygen atoms in total. The van der Waals surface area contributed by atoms with Crippen molar-refractivity contribution in [3.8, 4) is 45.0 Å². The summed E-state index contributed by atoms with van der Waals surface area (Å²) in [6, 6.07) is 25.8. The Morgan fingerprint density at radius 1 is 0.325 bits per heavy atom. The Morgan fingerprint density at radius 3 is 0.775 bits per heavy atom. The lowest BCUT2D eigenvalue weighted by atomic mass is 9.89. The van der Waals surface area contributed by atoms with Crippen LogP contribution in [0.15, 0.2) is 90.7 Å². The van der Waals surface area contributed by atoms with Gasteiger partial charge in [-0.2, -0.15) is 0 Å². The molecule has 40 heavy (non-hydrogen) atoms. The zero-order valence-electron chi connectivity index (χ0n) is 20.4. The number of hydrogen-bond acceptors (Lipinski definition) is 0. The predicted molar refractivity (Wildman–Crippen MR) is 180 cm³/mol. The highest BCUT2D eigenvalue weighted by atomic mass is 79.9. The average Bonchev–Trinajstić information content (AvgIpc) is 3.66. The van der Waals surface area contributed by atoms with Crippen LogP contribution in [-0.4, -0.2) is 19.9 Å². The number of fused-ring (bicyclic) bond motifs is 16. The van der Waals surface area contributed by atoms with E-state index < -0.39 is 0 Å². The highest BCUT2D eigenvalue weighted by Gasteiger charge is 2.32. The highest BCUT2D eigenvalue weighted by molar-refractivity contribution is 9.11. The minimum atomic E-state index is 1.04. The molecule has 0 saturated carbocycles. The van der Waals surface area contributed by atoms with Crippen molar-refractivity contribution in [1.29, 1.82) is 0 Å². The lowest BCUT2D eigenvalue weighted by molar-refractivity contribution is 1.38. The van der Waals surface area contributed by atoms with Crippen LogP contribution in [0.1, 0.15) is 0 Å². The van der Waals surface area contributed by atoms with Crippen LogP contribution in [0.4, 0.5) is 0 Å². The lowest BCUT2D eigenvalue weighted by Crippen LogP contribution is -1.93. The first kappa shape index (κ1) is 23.6. The monoisotopic (exact) mass is 772 g/mol. The number of H-pyrrole nitrogens is 4. The van der Waals surface area contributed by atoms with Gasteiger partial charge in [0, 0.05) is 83.8 Å². The molecule has 0 bridgehead atoms. The first-order valence-corrected chi connectivity index (χ1v) is 15.9. The van der Waals surface area contributed by atoms with Crippen molar-refractivity contribution < 1.29 is 0 Å². The third-order valence-corrected chi connectivity index (χ3v) is 10.0. The molecular formula is C32H16Br4N4. The molecule has 192 valence electrons. The van der Waals surface area contributed by atoms with Gasteiger partial charge in [-0.25, -0.2) is 0 Å². The van der Waals surface area contributed by atoms with Gasteiger partial charge in [0.05, 0.1) is 22.8 Å². The zero-order chi connectivity index (χ0) is 26.9. The van der Waals surface area contributed by atoms with Gasteiger partial charge in [-0.1, -0.05) is 63.7 Å². The number of benzene rings is 4. The smallest absolute Gasteiger partial charge is 0.0588 e. The summed E-state index contributed by atoms with van der Waals surface area (Å²) in [4.78, 5) is 15.4. The molecule has 0 atom stereocenters. The van der Waals surface area contributed by atoms with Gasteiger partial charge in [-0.05, 0) is 72.8 Å². The molecule has 0 unspecified atom stereocenters. The van der Waals surface area contributed by atoms with Crippen LogP contribution in [0, 0.1) is 0 Å². The quantitative estimate of drug-likeness (QED) is 0.119. The number of halogens is 4. The van der Waals surface area contributed by atoms with E-state index in [9.17, 15) is 0 Å². The Kier molecular flexibility index (Phi) is 4.88. The third-order valence-electron chi connectivity index (χ3n) is 8.04. The fraction of sp³-hybridized carbons (Fsp3) is 0. The van der Waals surface area contributed by atoms with Crippen molar-refractivity contribution in [3.63, 3.8) is 0 Å². The van der Waals surface area contributed by atoms with E-state index in [0.717, 1.165) is 107 Å². The van der Waals surface area contributed by atoms with E-state index >= 15 is 0 Å². The Bertz CT molecular complexity index is 2020. The van der Waals surface area contributed by atoms with E-state index in [1.165, 1.54) is 0 Å². The second kappa shape index (κ2) is 8.26. The van der Waals surface area contributed by atoms with Crippen LogP contribution in [0.25, 0.3) is 88.6 Å². The van der Waals surface area contributed by atoms with Gasteiger partial charge in [0.15, 0.2) is 0 Å². The van der Waals surface area contributed by atoms with Gasteiger partial charge in [-0.3, -0.25) is 0 Å². The molecule has 0 spiro atoms. The molecule has 0 amide bonds. The highest BCUT2D eigenvalue weighted by Crippen LogP contribution is 2.55. The van der Waals surface area contributed by atoms with Crippen LogP contribution < -0.4 is 0 Å². The maximum absolute atomic E-state index is 3.84. The van der Waals surface area contributed by atoms with E-state index in [0.29, 0.717) is 0 Å². The molecule has 0 saturated heterocycles. The van der Waals surface area contributed by atoms with E-state index in [-0.39, 0.29) is 0 Å². The van der Waals surface area contributed by atoms with Crippen LogP contribution in [-0.2, 0) is 0 Å². The van der Waals surface area contributed by atoms with Gasteiger partial charge in [0.1, 0.15) is 0 Å². The number of hydrogen-bond donors (Lipinski definition) is 4. The fourth-order valence-electron chi connectivity index (χ4n) is 6.45. The van der Waals surface area contributed by atoms with Gasteiger partial charge in [-0.15, -0.1) is 0 Å². The molecule has 9 rings (SSSR count). The molecule has 1 aliphatic carbocycles. The molecule has 0 radical (unpaired) electrons. The second-order valence-electron chi connectivity index (χ2n) is 10.3. The van der Waals surface area contributed by atoms with Gasteiger partial charge in [0.2, 0.25) is 0 Å². The Morgan fingerprint density at radius 2 is 0.550 bits per heavy atom. The predicted octanol–water partition coefficient (Wildman–Crippen LogP) is 11.6. The fourth-order valence-corrected chi connectivity index (χ4v) is 7.89.